The number of anilines is 2. The van der Waals surface area contributed by atoms with Gasteiger partial charge in [0.25, 0.3) is 11.8 Å². The third-order valence-electron chi connectivity index (χ3n) is 6.86. The van der Waals surface area contributed by atoms with E-state index in [0.717, 1.165) is 16.5 Å². The highest BCUT2D eigenvalue weighted by Crippen LogP contribution is 2.41. The largest absolute Gasteiger partial charge is 0.417 e. The summed E-state index contributed by atoms with van der Waals surface area (Å²) in [5.74, 6) is -1.74. The Kier molecular flexibility index (Phi) is 6.18. The number of carbonyl (C=O) groups is 2. The molecular weight excluding hydrogens is 532 g/mol. The van der Waals surface area contributed by atoms with E-state index in [2.05, 4.69) is 0 Å². The highest BCUT2D eigenvalue weighted by atomic mass is 32.1. The van der Waals surface area contributed by atoms with Gasteiger partial charge in [-0.15, -0.1) is 0 Å². The predicted octanol–water partition coefficient (Wildman–Crippen LogP) is 5.79. The minimum Gasteiger partial charge on any atom is -0.330 e. The van der Waals surface area contributed by atoms with Gasteiger partial charge in [0.15, 0.2) is 5.11 Å². The van der Waals surface area contributed by atoms with E-state index in [9.17, 15) is 22.8 Å². The average Bonchev–Trinajstić information content (AvgIpc) is 3.26. The number of hydrogen-bond donors (Lipinski definition) is 0. The number of nitrogens with zero attached hydrogens (tertiary/aromatic N) is 4. The number of alkyl halides is 3. The highest BCUT2D eigenvalue weighted by Gasteiger charge is 2.52. The third kappa shape index (κ3) is 4.30. The number of amides is 2. The lowest BCUT2D eigenvalue weighted by molar-refractivity contribution is -0.137. The molecule has 0 radical (unpaired) electrons. The molecule has 0 saturated carbocycles. The molecule has 0 bridgehead atoms. The number of rotatable bonds is 4. The highest BCUT2D eigenvalue weighted by molar-refractivity contribution is 7.81. The molecule has 3 aromatic rings. The van der Waals surface area contributed by atoms with Crippen molar-refractivity contribution in [1.82, 2.24) is 4.90 Å². The van der Waals surface area contributed by atoms with E-state index >= 15 is 4.39 Å². The van der Waals surface area contributed by atoms with Gasteiger partial charge in [-0.1, -0.05) is 30.3 Å². The topological polar surface area (TPSA) is 67.7 Å². The second kappa shape index (κ2) is 9.17. The predicted molar refractivity (Wildman–Crippen MR) is 139 cm³/mol. The van der Waals surface area contributed by atoms with Crippen LogP contribution < -0.4 is 9.80 Å². The minimum absolute atomic E-state index is 0.140. The fourth-order valence-electron chi connectivity index (χ4n) is 4.91. The van der Waals surface area contributed by atoms with Crippen molar-refractivity contribution in [1.29, 1.82) is 5.26 Å². The molecular formula is C28H20F4N4O2S. The summed E-state index contributed by atoms with van der Waals surface area (Å²) in [5, 5.41) is 8.85. The summed E-state index contributed by atoms with van der Waals surface area (Å²) in [6, 6.07) is 16.2. The SMILES string of the molecule is CC1(C)C(=O)N(c2ccc(C#N)c(C(F)(F)F)c2)C(=S)N1c1cc2c(cc1F)CN(Cc1ccccc1)C2=O. The summed E-state index contributed by atoms with van der Waals surface area (Å²) < 4.78 is 56.3. The van der Waals surface area contributed by atoms with Gasteiger partial charge in [-0.05, 0) is 67.5 Å². The molecule has 2 heterocycles. The number of fused-ring (bicyclic) bond motifs is 1. The lowest BCUT2D eigenvalue weighted by Crippen LogP contribution is -2.44. The van der Waals surface area contributed by atoms with Crippen molar-refractivity contribution in [2.75, 3.05) is 9.80 Å². The molecule has 0 unspecified atom stereocenters. The van der Waals surface area contributed by atoms with Gasteiger partial charge >= 0.3 is 6.18 Å². The maximum atomic E-state index is 15.5. The van der Waals surface area contributed by atoms with Crippen molar-refractivity contribution in [3.63, 3.8) is 0 Å². The summed E-state index contributed by atoms with van der Waals surface area (Å²) in [4.78, 5) is 30.3. The lowest BCUT2D eigenvalue weighted by atomic mass is 10.0. The van der Waals surface area contributed by atoms with Crippen LogP contribution in [0.4, 0.5) is 28.9 Å². The van der Waals surface area contributed by atoms with E-state index < -0.39 is 34.6 Å². The van der Waals surface area contributed by atoms with Crippen molar-refractivity contribution in [2.24, 2.45) is 0 Å². The van der Waals surface area contributed by atoms with Crippen molar-refractivity contribution in [3.05, 3.63) is 94.3 Å². The van der Waals surface area contributed by atoms with E-state index in [0.29, 0.717) is 18.2 Å². The zero-order chi connectivity index (χ0) is 28.3. The van der Waals surface area contributed by atoms with Crippen LogP contribution in [0.5, 0.6) is 0 Å². The Hall–Kier alpha value is -4.30. The van der Waals surface area contributed by atoms with Crippen LogP contribution >= 0.6 is 12.2 Å². The summed E-state index contributed by atoms with van der Waals surface area (Å²) in [5.41, 5.74) is -2.04. The van der Waals surface area contributed by atoms with Crippen LogP contribution in [-0.2, 0) is 24.1 Å². The summed E-state index contributed by atoms with van der Waals surface area (Å²) in [7, 11) is 0. The van der Waals surface area contributed by atoms with Gasteiger partial charge in [-0.25, -0.2) is 4.39 Å². The molecule has 2 aliphatic heterocycles. The molecule has 0 N–H and O–H groups in total. The van der Waals surface area contributed by atoms with Gasteiger partial charge in [0.1, 0.15) is 11.4 Å². The molecule has 3 aromatic carbocycles. The Morgan fingerprint density at radius 2 is 1.74 bits per heavy atom. The molecule has 2 amide bonds. The summed E-state index contributed by atoms with van der Waals surface area (Å²) in [6.45, 7) is 3.45. The Balaban J connectivity index is 1.52. The number of carbonyl (C=O) groups excluding carboxylic acids is 2. The first kappa shape index (κ1) is 26.3. The van der Waals surface area contributed by atoms with Crippen molar-refractivity contribution >= 4 is 40.5 Å². The van der Waals surface area contributed by atoms with E-state index in [1.807, 2.05) is 30.3 Å². The van der Waals surface area contributed by atoms with Crippen molar-refractivity contribution in [2.45, 2.75) is 38.7 Å². The van der Waals surface area contributed by atoms with Gasteiger partial charge < -0.3 is 9.80 Å². The van der Waals surface area contributed by atoms with E-state index in [4.69, 9.17) is 17.5 Å². The van der Waals surface area contributed by atoms with Gasteiger partial charge in [0.05, 0.1) is 28.6 Å². The Morgan fingerprint density at radius 3 is 2.38 bits per heavy atom. The first-order valence-electron chi connectivity index (χ1n) is 11.8. The standard InChI is InChI=1S/C28H20F4N4O2S/c1-27(2)25(38)35(19-9-8-17(13-33)21(11-19)28(30,31)32)26(39)36(27)23-12-20-18(10-22(23)29)15-34(24(20)37)14-16-6-4-3-5-7-16/h3-12H,14-15H2,1-2H3. The van der Waals surface area contributed by atoms with Crippen LogP contribution in [0, 0.1) is 17.1 Å². The van der Waals surface area contributed by atoms with Crippen LogP contribution in [0.25, 0.3) is 0 Å². The minimum atomic E-state index is -4.85. The van der Waals surface area contributed by atoms with Crippen LogP contribution in [0.2, 0.25) is 0 Å². The third-order valence-corrected chi connectivity index (χ3v) is 7.23. The van der Waals surface area contributed by atoms with E-state index in [1.165, 1.54) is 43.0 Å². The number of halogens is 4. The molecule has 0 atom stereocenters. The second-order valence-corrected chi connectivity index (χ2v) is 10.1. The molecule has 0 aromatic heterocycles. The quantitative estimate of drug-likeness (QED) is 0.303. The molecule has 0 aliphatic carbocycles. The first-order valence-corrected chi connectivity index (χ1v) is 12.2. The monoisotopic (exact) mass is 552 g/mol. The van der Waals surface area contributed by atoms with Gasteiger partial charge in [-0.3, -0.25) is 14.5 Å². The van der Waals surface area contributed by atoms with Crippen LogP contribution in [0.15, 0.2) is 60.7 Å². The molecule has 198 valence electrons. The van der Waals surface area contributed by atoms with E-state index in [-0.39, 0.29) is 34.5 Å². The van der Waals surface area contributed by atoms with Crippen LogP contribution in [-0.4, -0.2) is 27.4 Å². The fourth-order valence-corrected chi connectivity index (χ4v) is 5.43. The van der Waals surface area contributed by atoms with Crippen LogP contribution in [0.3, 0.4) is 0 Å². The molecule has 11 heteroatoms. The lowest BCUT2D eigenvalue weighted by Gasteiger charge is -2.30. The number of benzene rings is 3. The number of thiocarbonyl (C=S) groups is 1. The molecule has 5 rings (SSSR count). The zero-order valence-corrected chi connectivity index (χ0v) is 21.5. The number of hydrogen-bond acceptors (Lipinski definition) is 4. The van der Waals surface area contributed by atoms with Crippen molar-refractivity contribution < 1.29 is 27.2 Å². The molecule has 0 spiro atoms. The maximum absolute atomic E-state index is 15.5. The molecule has 1 fully saturated rings. The summed E-state index contributed by atoms with van der Waals surface area (Å²) in [6.07, 6.45) is -4.85. The van der Waals surface area contributed by atoms with Gasteiger partial charge in [0, 0.05) is 18.7 Å². The number of nitriles is 1. The Labute approximate surface area is 226 Å². The van der Waals surface area contributed by atoms with Gasteiger partial charge in [-0.2, -0.15) is 18.4 Å². The Bertz CT molecular complexity index is 1580. The molecule has 6 nitrogen and oxygen atoms in total. The molecule has 1 saturated heterocycles. The van der Waals surface area contributed by atoms with Crippen LogP contribution in [0.1, 0.15) is 46.5 Å². The fraction of sp³-hybridized carbons (Fsp3) is 0.214. The molecule has 2 aliphatic rings. The summed E-state index contributed by atoms with van der Waals surface area (Å²) >= 11 is 5.50. The first-order chi connectivity index (χ1) is 18.3. The second-order valence-electron chi connectivity index (χ2n) is 9.76. The zero-order valence-electron chi connectivity index (χ0n) is 20.7. The maximum Gasteiger partial charge on any atom is 0.417 e. The van der Waals surface area contributed by atoms with Crippen molar-refractivity contribution in [3.8, 4) is 6.07 Å². The van der Waals surface area contributed by atoms with E-state index in [1.54, 1.807) is 4.90 Å². The smallest absolute Gasteiger partial charge is 0.330 e. The molecule has 39 heavy (non-hydrogen) atoms. The Morgan fingerprint density at radius 1 is 1.05 bits per heavy atom. The normalized spacial score (nSPS) is 16.6. The van der Waals surface area contributed by atoms with Gasteiger partial charge in [0.2, 0.25) is 0 Å². The average molecular weight is 553 g/mol.